The summed E-state index contributed by atoms with van der Waals surface area (Å²) in [7, 11) is 0. The number of carbonyl (C=O) groups is 1. The van der Waals surface area contributed by atoms with Gasteiger partial charge in [0.15, 0.2) is 0 Å². The first-order valence-corrected chi connectivity index (χ1v) is 7.69. The number of halogens is 3. The van der Waals surface area contributed by atoms with Gasteiger partial charge in [0.1, 0.15) is 0 Å². The van der Waals surface area contributed by atoms with Crippen LogP contribution in [0.5, 0.6) is 0 Å². The first-order valence-electron chi connectivity index (χ1n) is 6.52. The molecule has 0 radical (unpaired) electrons. The number of benzene rings is 1. The van der Waals surface area contributed by atoms with Crippen molar-refractivity contribution < 1.29 is 4.79 Å². The molecule has 0 aromatic heterocycles. The average Bonchev–Trinajstić information content (AvgIpc) is 2.43. The number of hydrogen-bond acceptors (Lipinski definition) is 2. The summed E-state index contributed by atoms with van der Waals surface area (Å²) in [5.41, 5.74) is 6.61. The molecule has 2 N–H and O–H groups in total. The van der Waals surface area contributed by atoms with Crippen molar-refractivity contribution in [1.29, 1.82) is 0 Å². The zero-order valence-electron chi connectivity index (χ0n) is 11.1. The number of rotatable bonds is 3. The Bertz CT molecular complexity index is 462. The van der Waals surface area contributed by atoms with Gasteiger partial charge < -0.3 is 10.6 Å². The van der Waals surface area contributed by atoms with Crippen molar-refractivity contribution in [2.24, 2.45) is 11.7 Å². The third-order valence-electron chi connectivity index (χ3n) is 3.64. The highest BCUT2D eigenvalue weighted by Crippen LogP contribution is 2.24. The second-order valence-corrected chi connectivity index (χ2v) is 6.25. The van der Waals surface area contributed by atoms with Gasteiger partial charge in [-0.25, -0.2) is 0 Å². The standard InChI is InChI=1S/C14H18BrClN2O.ClH/c15-12-2-1-11(7-13(12)16)8-14(19)18-5-3-10(9-17)4-6-18;/h1-2,7,10H,3-6,8-9,17H2;1H. The Hall–Kier alpha value is -0.290. The molecule has 0 unspecified atom stereocenters. The summed E-state index contributed by atoms with van der Waals surface area (Å²) in [6.45, 7) is 2.38. The lowest BCUT2D eigenvalue weighted by molar-refractivity contribution is -0.131. The molecular formula is C14H19BrCl2N2O. The van der Waals surface area contributed by atoms with Gasteiger partial charge in [0.25, 0.3) is 0 Å². The Balaban J connectivity index is 0.00000200. The van der Waals surface area contributed by atoms with Crippen molar-refractivity contribution in [3.8, 4) is 0 Å². The van der Waals surface area contributed by atoms with Gasteiger partial charge in [-0.05, 0) is 58.9 Å². The maximum atomic E-state index is 12.2. The lowest BCUT2D eigenvalue weighted by Gasteiger charge is -2.31. The summed E-state index contributed by atoms with van der Waals surface area (Å²) in [5, 5.41) is 0.645. The van der Waals surface area contributed by atoms with Crippen molar-refractivity contribution in [1.82, 2.24) is 4.90 Å². The van der Waals surface area contributed by atoms with E-state index in [-0.39, 0.29) is 18.3 Å². The number of hydrogen-bond donors (Lipinski definition) is 1. The van der Waals surface area contributed by atoms with E-state index >= 15 is 0 Å². The van der Waals surface area contributed by atoms with Gasteiger partial charge in [-0.1, -0.05) is 17.7 Å². The molecule has 0 saturated carbocycles. The molecule has 1 aromatic rings. The van der Waals surface area contributed by atoms with E-state index in [0.717, 1.165) is 42.5 Å². The first-order chi connectivity index (χ1) is 9.10. The third kappa shape index (κ3) is 4.62. The molecule has 2 rings (SSSR count). The zero-order chi connectivity index (χ0) is 13.8. The lowest BCUT2D eigenvalue weighted by atomic mass is 9.96. The molecule has 1 amide bonds. The van der Waals surface area contributed by atoms with Crippen LogP contribution in [-0.2, 0) is 11.2 Å². The molecule has 0 atom stereocenters. The molecule has 1 aromatic carbocycles. The van der Waals surface area contributed by atoms with E-state index in [2.05, 4.69) is 15.9 Å². The van der Waals surface area contributed by atoms with E-state index in [1.165, 1.54) is 0 Å². The van der Waals surface area contributed by atoms with Crippen molar-refractivity contribution in [3.05, 3.63) is 33.3 Å². The van der Waals surface area contributed by atoms with Crippen LogP contribution in [0.2, 0.25) is 5.02 Å². The second-order valence-electron chi connectivity index (χ2n) is 4.99. The number of nitrogens with zero attached hydrogens (tertiary/aromatic N) is 1. The van der Waals surface area contributed by atoms with Gasteiger partial charge in [0.05, 0.1) is 11.4 Å². The average molecular weight is 382 g/mol. The van der Waals surface area contributed by atoms with Crippen molar-refractivity contribution >= 4 is 45.8 Å². The fourth-order valence-electron chi connectivity index (χ4n) is 2.35. The highest BCUT2D eigenvalue weighted by atomic mass is 79.9. The van der Waals surface area contributed by atoms with E-state index in [9.17, 15) is 4.79 Å². The molecule has 6 heteroatoms. The van der Waals surface area contributed by atoms with E-state index in [0.29, 0.717) is 17.4 Å². The molecule has 0 spiro atoms. The van der Waals surface area contributed by atoms with Crippen LogP contribution >= 0.6 is 39.9 Å². The van der Waals surface area contributed by atoms with Crippen LogP contribution in [0.1, 0.15) is 18.4 Å². The molecule has 112 valence electrons. The molecule has 1 aliphatic rings. The Kier molecular flexibility index (Phi) is 7.30. The number of piperidine rings is 1. The number of amides is 1. The van der Waals surface area contributed by atoms with Crippen LogP contribution < -0.4 is 5.73 Å². The number of likely N-dealkylation sites (tertiary alicyclic amines) is 1. The van der Waals surface area contributed by atoms with Gasteiger partial charge >= 0.3 is 0 Å². The monoisotopic (exact) mass is 380 g/mol. The summed E-state index contributed by atoms with van der Waals surface area (Å²) in [5.74, 6) is 0.750. The topological polar surface area (TPSA) is 46.3 Å². The van der Waals surface area contributed by atoms with Crippen LogP contribution in [0, 0.1) is 5.92 Å². The summed E-state index contributed by atoms with van der Waals surface area (Å²) in [6.07, 6.45) is 2.45. The number of carbonyl (C=O) groups excluding carboxylic acids is 1. The van der Waals surface area contributed by atoms with Gasteiger partial charge in [-0.2, -0.15) is 0 Å². The predicted molar refractivity (Wildman–Crippen MR) is 88.5 cm³/mol. The molecular weight excluding hydrogens is 363 g/mol. The fraction of sp³-hybridized carbons (Fsp3) is 0.500. The van der Waals surface area contributed by atoms with Crippen LogP contribution in [0.15, 0.2) is 22.7 Å². The van der Waals surface area contributed by atoms with E-state index in [1.54, 1.807) is 0 Å². The van der Waals surface area contributed by atoms with Gasteiger partial charge in [0.2, 0.25) is 5.91 Å². The Morgan fingerprint density at radius 3 is 2.60 bits per heavy atom. The second kappa shape index (κ2) is 8.23. The maximum absolute atomic E-state index is 12.2. The smallest absolute Gasteiger partial charge is 0.226 e. The largest absolute Gasteiger partial charge is 0.342 e. The zero-order valence-corrected chi connectivity index (χ0v) is 14.3. The molecule has 3 nitrogen and oxygen atoms in total. The van der Waals surface area contributed by atoms with Crippen LogP contribution in [0.4, 0.5) is 0 Å². The van der Waals surface area contributed by atoms with Crippen LogP contribution in [0.25, 0.3) is 0 Å². The van der Waals surface area contributed by atoms with Crippen LogP contribution in [0.3, 0.4) is 0 Å². The molecule has 20 heavy (non-hydrogen) atoms. The maximum Gasteiger partial charge on any atom is 0.226 e. The third-order valence-corrected chi connectivity index (χ3v) is 4.87. The first kappa shape index (κ1) is 17.8. The molecule has 1 aliphatic heterocycles. The summed E-state index contributed by atoms with van der Waals surface area (Å²) in [4.78, 5) is 14.1. The van der Waals surface area contributed by atoms with Gasteiger partial charge in [-0.15, -0.1) is 12.4 Å². The summed E-state index contributed by atoms with van der Waals surface area (Å²) in [6, 6.07) is 5.66. The van der Waals surface area contributed by atoms with Crippen LogP contribution in [-0.4, -0.2) is 30.4 Å². The molecule has 1 heterocycles. The van der Waals surface area contributed by atoms with E-state index in [4.69, 9.17) is 17.3 Å². The van der Waals surface area contributed by atoms with Gasteiger partial charge in [-0.3, -0.25) is 4.79 Å². The SMILES string of the molecule is Cl.NCC1CCN(C(=O)Cc2ccc(Br)c(Cl)c2)CC1. The molecule has 0 bridgehead atoms. The highest BCUT2D eigenvalue weighted by molar-refractivity contribution is 9.10. The fourth-order valence-corrected chi connectivity index (χ4v) is 2.80. The normalized spacial score (nSPS) is 15.8. The minimum Gasteiger partial charge on any atom is -0.342 e. The Labute approximate surface area is 139 Å². The lowest BCUT2D eigenvalue weighted by Crippen LogP contribution is -2.40. The molecule has 1 saturated heterocycles. The minimum atomic E-state index is 0. The molecule has 1 fully saturated rings. The quantitative estimate of drug-likeness (QED) is 0.873. The van der Waals surface area contributed by atoms with E-state index in [1.807, 2.05) is 23.1 Å². The summed E-state index contributed by atoms with van der Waals surface area (Å²) < 4.78 is 0.856. The van der Waals surface area contributed by atoms with Crippen molar-refractivity contribution in [3.63, 3.8) is 0 Å². The predicted octanol–water partition coefficient (Wildman–Crippen LogP) is 3.26. The van der Waals surface area contributed by atoms with E-state index < -0.39 is 0 Å². The Morgan fingerprint density at radius 2 is 2.05 bits per heavy atom. The minimum absolute atomic E-state index is 0. The van der Waals surface area contributed by atoms with Gasteiger partial charge in [0, 0.05) is 17.6 Å². The highest BCUT2D eigenvalue weighted by Gasteiger charge is 2.21. The van der Waals surface area contributed by atoms with Crippen molar-refractivity contribution in [2.45, 2.75) is 19.3 Å². The number of nitrogens with two attached hydrogens (primary N) is 1. The Morgan fingerprint density at radius 1 is 1.40 bits per heavy atom. The molecule has 0 aliphatic carbocycles. The summed E-state index contributed by atoms with van der Waals surface area (Å²) >= 11 is 9.38. The van der Waals surface area contributed by atoms with Crippen molar-refractivity contribution in [2.75, 3.05) is 19.6 Å².